The molecule has 0 radical (unpaired) electrons. The number of nitrogens with two attached hydrogens (primary N) is 1. The highest BCUT2D eigenvalue weighted by Gasteiger charge is 2.23. The van der Waals surface area contributed by atoms with E-state index in [2.05, 4.69) is 5.32 Å². The number of phenols is 1. The van der Waals surface area contributed by atoms with Crippen molar-refractivity contribution in [1.29, 1.82) is 0 Å². The third-order valence-electron chi connectivity index (χ3n) is 4.35. The monoisotopic (exact) mass is 452 g/mol. The zero-order chi connectivity index (χ0) is 22.4. The summed E-state index contributed by atoms with van der Waals surface area (Å²) in [6.45, 7) is 1.65. The van der Waals surface area contributed by atoms with Gasteiger partial charge < -0.3 is 16.2 Å². The molecule has 0 atom stereocenters. The largest absolute Gasteiger partial charge is 0.507 e. The van der Waals surface area contributed by atoms with Crippen LogP contribution in [0, 0.1) is 6.92 Å². The number of amides is 1. The number of aryl methyl sites for hydroxylation is 1. The first kappa shape index (κ1) is 21.5. The highest BCUT2D eigenvalue weighted by molar-refractivity contribution is 7.86. The van der Waals surface area contributed by atoms with Crippen LogP contribution in [0.4, 0.5) is 11.4 Å². The van der Waals surface area contributed by atoms with Gasteiger partial charge in [0.1, 0.15) is 10.6 Å². The summed E-state index contributed by atoms with van der Waals surface area (Å²) in [4.78, 5) is 11.2. The molecule has 30 heavy (non-hydrogen) atoms. The summed E-state index contributed by atoms with van der Waals surface area (Å²) in [5, 5.41) is 12.2. The molecular formula is C18H16N2O8S2. The van der Waals surface area contributed by atoms with Gasteiger partial charge >= 0.3 is 0 Å². The highest BCUT2D eigenvalue weighted by Crippen LogP contribution is 2.38. The molecule has 0 saturated carbocycles. The van der Waals surface area contributed by atoms with E-state index in [9.17, 15) is 35.8 Å². The molecule has 0 aliphatic carbocycles. The first-order chi connectivity index (χ1) is 13.8. The maximum atomic E-state index is 12.7. The van der Waals surface area contributed by atoms with Gasteiger partial charge in [-0.15, -0.1) is 0 Å². The zero-order valence-electron chi connectivity index (χ0n) is 15.3. The Morgan fingerprint density at radius 1 is 0.967 bits per heavy atom. The van der Waals surface area contributed by atoms with E-state index in [0.29, 0.717) is 17.3 Å². The molecule has 1 amide bonds. The molecular weight excluding hydrogens is 436 g/mol. The molecule has 0 spiro atoms. The lowest BCUT2D eigenvalue weighted by Crippen LogP contribution is -2.14. The lowest BCUT2D eigenvalue weighted by Gasteiger charge is -2.14. The normalized spacial score (nSPS) is 12.1. The van der Waals surface area contributed by atoms with Gasteiger partial charge in [-0.25, -0.2) is 0 Å². The minimum atomic E-state index is -4.83. The maximum Gasteiger partial charge on any atom is 0.295 e. The number of fused-ring (bicyclic) bond motifs is 1. The fourth-order valence-corrected chi connectivity index (χ4v) is 4.23. The molecule has 3 rings (SSSR count). The molecule has 10 nitrogen and oxygen atoms in total. The van der Waals surface area contributed by atoms with E-state index < -0.39 is 47.1 Å². The number of carbonyl (C=O) groups is 1. The Kier molecular flexibility index (Phi) is 5.20. The zero-order valence-corrected chi connectivity index (χ0v) is 17.0. The van der Waals surface area contributed by atoms with E-state index >= 15 is 0 Å². The number of phenolic OH excluding ortho intramolecular Hbond substituents is 1. The molecule has 3 aromatic rings. The van der Waals surface area contributed by atoms with Crippen molar-refractivity contribution in [2.45, 2.75) is 16.7 Å². The smallest absolute Gasteiger partial charge is 0.295 e. The number of carbonyl (C=O) groups excluding carboxylic acids is 1. The predicted molar refractivity (Wildman–Crippen MR) is 109 cm³/mol. The van der Waals surface area contributed by atoms with Crippen molar-refractivity contribution in [1.82, 2.24) is 0 Å². The Balaban J connectivity index is 2.25. The highest BCUT2D eigenvalue weighted by atomic mass is 32.2. The fourth-order valence-electron chi connectivity index (χ4n) is 3.02. The first-order valence-corrected chi connectivity index (χ1v) is 11.1. The third kappa shape index (κ3) is 4.07. The van der Waals surface area contributed by atoms with Crippen molar-refractivity contribution in [3.63, 3.8) is 0 Å². The van der Waals surface area contributed by atoms with Crippen molar-refractivity contribution in [2.75, 3.05) is 11.1 Å². The van der Waals surface area contributed by atoms with Crippen LogP contribution in [-0.2, 0) is 20.2 Å². The van der Waals surface area contributed by atoms with Gasteiger partial charge in [0, 0.05) is 28.1 Å². The molecule has 0 bridgehead atoms. The van der Waals surface area contributed by atoms with Crippen molar-refractivity contribution in [3.8, 4) is 5.75 Å². The van der Waals surface area contributed by atoms with Gasteiger partial charge in [0.25, 0.3) is 26.1 Å². The van der Waals surface area contributed by atoms with E-state index in [1.807, 2.05) is 0 Å². The van der Waals surface area contributed by atoms with E-state index in [-0.39, 0.29) is 16.6 Å². The Labute approximate surface area is 171 Å². The number of hydrogen-bond acceptors (Lipinski definition) is 7. The molecule has 0 unspecified atom stereocenters. The van der Waals surface area contributed by atoms with Crippen LogP contribution < -0.4 is 11.1 Å². The Morgan fingerprint density at radius 3 is 2.20 bits per heavy atom. The van der Waals surface area contributed by atoms with Crippen molar-refractivity contribution in [2.24, 2.45) is 0 Å². The van der Waals surface area contributed by atoms with Crippen LogP contribution in [0.2, 0.25) is 0 Å². The third-order valence-corrected chi connectivity index (χ3v) is 6.09. The van der Waals surface area contributed by atoms with Gasteiger partial charge in [-0.3, -0.25) is 13.9 Å². The van der Waals surface area contributed by atoms with Crippen LogP contribution in [-0.4, -0.2) is 37.0 Å². The second kappa shape index (κ2) is 7.25. The van der Waals surface area contributed by atoms with Crippen LogP contribution >= 0.6 is 0 Å². The molecule has 12 heteroatoms. The second-order valence-corrected chi connectivity index (χ2v) is 9.27. The summed E-state index contributed by atoms with van der Waals surface area (Å²) in [6.07, 6.45) is 0. The molecule has 0 heterocycles. The molecule has 0 aromatic heterocycles. The summed E-state index contributed by atoms with van der Waals surface area (Å²) in [5.41, 5.74) is 6.87. The number of hydrogen-bond donors (Lipinski definition) is 5. The van der Waals surface area contributed by atoms with Crippen LogP contribution in [0.5, 0.6) is 5.75 Å². The standard InChI is InChI=1S/C18H16N2O8S2/c1-9-6-10(19)2-3-12(9)18(22)20-14-4-5-16(30(26,27)28)13-7-11(29(23,24)25)8-15(21)17(13)14/h2-8,21H,19H2,1H3,(H,20,22)(H,23,24,25)(H,26,27,28). The molecule has 0 fully saturated rings. The van der Waals surface area contributed by atoms with Gasteiger partial charge in [-0.1, -0.05) is 0 Å². The summed E-state index contributed by atoms with van der Waals surface area (Å²) in [7, 11) is -9.63. The minimum Gasteiger partial charge on any atom is -0.507 e. The average molecular weight is 452 g/mol. The van der Waals surface area contributed by atoms with E-state index in [1.165, 1.54) is 12.1 Å². The number of benzene rings is 3. The summed E-state index contributed by atoms with van der Waals surface area (Å²) in [5.74, 6) is -1.35. The topological polar surface area (TPSA) is 184 Å². The fraction of sp³-hybridized carbons (Fsp3) is 0.0556. The number of nitrogens with one attached hydrogen (secondary N) is 1. The quantitative estimate of drug-likeness (QED) is 0.292. The van der Waals surface area contributed by atoms with Crippen LogP contribution in [0.3, 0.4) is 0 Å². The Morgan fingerprint density at radius 2 is 1.63 bits per heavy atom. The van der Waals surface area contributed by atoms with Gasteiger partial charge in [0.15, 0.2) is 0 Å². The SMILES string of the molecule is Cc1cc(N)ccc1C(=O)Nc1ccc(S(=O)(=O)O)c2cc(S(=O)(=O)O)cc(O)c12. The van der Waals surface area contributed by atoms with Gasteiger partial charge in [-0.05, 0) is 48.9 Å². The van der Waals surface area contributed by atoms with Crippen LogP contribution in [0.1, 0.15) is 15.9 Å². The first-order valence-electron chi connectivity index (χ1n) is 8.21. The van der Waals surface area contributed by atoms with Crippen molar-refractivity contribution in [3.05, 3.63) is 53.6 Å². The molecule has 0 saturated heterocycles. The van der Waals surface area contributed by atoms with E-state index in [0.717, 1.165) is 18.2 Å². The van der Waals surface area contributed by atoms with Gasteiger partial charge in [0.2, 0.25) is 0 Å². The number of aromatic hydroxyl groups is 1. The van der Waals surface area contributed by atoms with Crippen molar-refractivity contribution >= 4 is 48.3 Å². The summed E-state index contributed by atoms with van der Waals surface area (Å²) in [6, 6.07) is 8.07. The Bertz CT molecular complexity index is 1410. The number of nitrogen functional groups attached to an aromatic ring is 1. The molecule has 0 aliphatic rings. The number of rotatable bonds is 4. The van der Waals surface area contributed by atoms with Crippen LogP contribution in [0.15, 0.2) is 52.3 Å². The predicted octanol–water partition coefficient (Wildman–Crippen LogP) is 2.18. The Hall–Kier alpha value is -3.19. The number of anilines is 2. The maximum absolute atomic E-state index is 12.7. The van der Waals surface area contributed by atoms with Gasteiger partial charge in [0.05, 0.1) is 10.6 Å². The molecule has 0 aliphatic heterocycles. The average Bonchev–Trinajstić information content (AvgIpc) is 2.59. The van der Waals surface area contributed by atoms with Crippen molar-refractivity contribution < 1.29 is 35.8 Å². The lowest BCUT2D eigenvalue weighted by atomic mass is 10.1. The van der Waals surface area contributed by atoms with Gasteiger partial charge in [-0.2, -0.15) is 16.8 Å². The minimum absolute atomic E-state index is 0.0574. The summed E-state index contributed by atoms with van der Waals surface area (Å²) >= 11 is 0. The molecule has 3 aromatic carbocycles. The molecule has 6 N–H and O–H groups in total. The lowest BCUT2D eigenvalue weighted by molar-refractivity contribution is 0.102. The summed E-state index contributed by atoms with van der Waals surface area (Å²) < 4.78 is 65.1. The second-order valence-electron chi connectivity index (χ2n) is 6.45. The van der Waals surface area contributed by atoms with E-state index in [4.69, 9.17) is 5.73 Å². The van der Waals surface area contributed by atoms with Crippen LogP contribution in [0.25, 0.3) is 10.8 Å². The van der Waals surface area contributed by atoms with E-state index in [1.54, 1.807) is 13.0 Å². The molecule has 158 valence electrons.